The Balaban J connectivity index is -0.0000000609. The van der Waals surface area contributed by atoms with Crippen LogP contribution >= 0.6 is 0 Å². The molecular weight excluding hydrogens is 336 g/mol. The molecule has 0 rings (SSSR count). The van der Waals surface area contributed by atoms with E-state index >= 15 is 0 Å². The third-order valence-corrected chi connectivity index (χ3v) is 1.84. The molecule has 0 heterocycles. The van der Waals surface area contributed by atoms with Crippen LogP contribution in [0.2, 0.25) is 0 Å². The second-order valence-corrected chi connectivity index (χ2v) is 3.68. The Morgan fingerprint density at radius 2 is 1.25 bits per heavy atom. The molecule has 0 aliphatic carbocycles. The van der Waals surface area contributed by atoms with Gasteiger partial charge in [-0.3, -0.25) is 19.4 Å². The van der Waals surface area contributed by atoms with Crippen LogP contribution in [0.25, 0.3) is 0 Å². The lowest BCUT2D eigenvalue weighted by Gasteiger charge is -2.03. The number of carboxylic acids is 3. The highest BCUT2D eigenvalue weighted by molar-refractivity contribution is 5.76. The summed E-state index contributed by atoms with van der Waals surface area (Å²) >= 11 is 0. The van der Waals surface area contributed by atoms with Crippen LogP contribution in [-0.2, 0) is 14.4 Å². The molecule has 1 atom stereocenters. The minimum absolute atomic E-state index is 0. The first-order chi connectivity index (χ1) is 9.16. The van der Waals surface area contributed by atoms with Gasteiger partial charge in [0.05, 0.1) is 12.8 Å². The van der Waals surface area contributed by atoms with Gasteiger partial charge in [0.15, 0.2) is 5.96 Å². The minimum Gasteiger partial charge on any atom is -0.481 e. The average molecular weight is 364 g/mol. The zero-order valence-corrected chi connectivity index (χ0v) is 12.9. The Labute approximate surface area is 137 Å². The van der Waals surface area contributed by atoms with Crippen LogP contribution in [0.3, 0.4) is 0 Å². The van der Waals surface area contributed by atoms with Gasteiger partial charge >= 0.3 is 17.9 Å². The fraction of sp³-hybridized carbons (Fsp3) is 0.600. The van der Waals surface area contributed by atoms with Gasteiger partial charge in [0.2, 0.25) is 0 Å². The molecule has 14 heteroatoms. The van der Waals surface area contributed by atoms with Gasteiger partial charge in [0, 0.05) is 6.54 Å². The summed E-state index contributed by atoms with van der Waals surface area (Å²) in [6, 6.07) is -0.820. The van der Waals surface area contributed by atoms with Crippen molar-refractivity contribution in [3.63, 3.8) is 0 Å². The maximum Gasteiger partial charge on any atom is 0.320 e. The van der Waals surface area contributed by atoms with Crippen molar-refractivity contribution < 1.29 is 51.6 Å². The molecule has 0 aliphatic rings. The van der Waals surface area contributed by atoms with E-state index in [4.69, 9.17) is 32.5 Å². The van der Waals surface area contributed by atoms with Crippen molar-refractivity contribution in [2.45, 2.75) is 31.7 Å². The lowest BCUT2D eigenvalue weighted by atomic mass is 10.2. The summed E-state index contributed by atoms with van der Waals surface area (Å²) in [7, 11) is 0. The number of hydrogen-bond acceptors (Lipinski definition) is 5. The number of hydrogen-bond donors (Lipinski definition) is 6. The normalized spacial score (nSPS) is 8.88. The van der Waals surface area contributed by atoms with E-state index in [1.54, 1.807) is 0 Å². The molecule has 1 unspecified atom stereocenters. The molecule has 0 aromatic carbocycles. The third kappa shape index (κ3) is 36.6. The van der Waals surface area contributed by atoms with Gasteiger partial charge in [-0.25, -0.2) is 0 Å². The van der Waals surface area contributed by atoms with Crippen LogP contribution in [-0.4, -0.2) is 73.7 Å². The zero-order valence-electron chi connectivity index (χ0n) is 12.9. The number of nitrogens with zero attached hydrogens (tertiary/aromatic N) is 1. The van der Waals surface area contributed by atoms with E-state index < -0.39 is 23.9 Å². The van der Waals surface area contributed by atoms with Crippen molar-refractivity contribution in [2.75, 3.05) is 6.54 Å². The summed E-state index contributed by atoms with van der Waals surface area (Å²) in [6.45, 7) is 0.420. The molecule has 0 bridgehead atoms. The van der Waals surface area contributed by atoms with E-state index in [9.17, 15) is 14.4 Å². The number of nitrogens with two attached hydrogens (primary N) is 3. The number of carboxylic acid groups (broad SMARTS) is 3. The molecule has 0 fully saturated rings. The summed E-state index contributed by atoms with van der Waals surface area (Å²) in [6.07, 6.45) is 0.363. The summed E-state index contributed by atoms with van der Waals surface area (Å²) in [5.74, 6) is -3.14. The monoisotopic (exact) mass is 364 g/mol. The Morgan fingerprint density at radius 3 is 1.50 bits per heavy atom. The van der Waals surface area contributed by atoms with Crippen LogP contribution in [0.1, 0.15) is 25.7 Å². The van der Waals surface area contributed by atoms with Crippen LogP contribution in [0.15, 0.2) is 4.99 Å². The Morgan fingerprint density at radius 1 is 0.875 bits per heavy atom. The predicted molar refractivity (Wildman–Crippen MR) is 84.5 cm³/mol. The lowest BCUT2D eigenvalue weighted by molar-refractivity contribution is -0.143. The van der Waals surface area contributed by atoms with E-state index in [-0.39, 0.29) is 40.7 Å². The fourth-order valence-corrected chi connectivity index (χ4v) is 0.857. The first-order valence-corrected chi connectivity index (χ1v) is 5.64. The summed E-state index contributed by atoms with van der Waals surface area (Å²) in [5.41, 5.74) is 15.3. The summed E-state index contributed by atoms with van der Waals surface area (Å²) in [5, 5.41) is 24.2. The molecule has 14 nitrogen and oxygen atoms in total. The van der Waals surface area contributed by atoms with Gasteiger partial charge in [0.1, 0.15) is 6.04 Å². The molecule has 0 aliphatic heterocycles. The van der Waals surface area contributed by atoms with E-state index in [1.165, 1.54) is 0 Å². The molecular formula is C10H28N4O10. The van der Waals surface area contributed by atoms with E-state index in [2.05, 4.69) is 4.99 Å². The molecule has 0 aromatic rings. The van der Waals surface area contributed by atoms with E-state index in [1.807, 2.05) is 0 Å². The first-order valence-electron chi connectivity index (χ1n) is 5.64. The number of carbonyl (C=O) groups is 3. The average Bonchev–Trinajstić information content (AvgIpc) is 2.32. The van der Waals surface area contributed by atoms with E-state index in [0.717, 1.165) is 0 Å². The second-order valence-electron chi connectivity index (χ2n) is 3.68. The number of guanidine groups is 1. The Bertz CT molecular complexity index is 346. The van der Waals surface area contributed by atoms with Crippen LogP contribution in [0.5, 0.6) is 0 Å². The Hall–Kier alpha value is -2.52. The topological polar surface area (TPSA) is 328 Å². The summed E-state index contributed by atoms with van der Waals surface area (Å²) in [4.78, 5) is 33.2. The van der Waals surface area contributed by atoms with Crippen molar-refractivity contribution in [1.29, 1.82) is 0 Å². The Kier molecular flexibility index (Phi) is 35.6. The van der Waals surface area contributed by atoms with Gasteiger partial charge < -0.3 is 54.4 Å². The number of aliphatic carboxylic acids is 3. The largest absolute Gasteiger partial charge is 0.481 e. The zero-order chi connectivity index (χ0) is 16.1. The van der Waals surface area contributed by atoms with Gasteiger partial charge in [-0.05, 0) is 12.8 Å². The smallest absolute Gasteiger partial charge is 0.320 e. The number of aliphatic imine (C=N–C) groups is 1. The molecule has 148 valence electrons. The van der Waals surface area contributed by atoms with Crippen molar-refractivity contribution in [1.82, 2.24) is 0 Å². The van der Waals surface area contributed by atoms with Gasteiger partial charge in [-0.2, -0.15) is 0 Å². The van der Waals surface area contributed by atoms with Crippen LogP contribution in [0, 0.1) is 0 Å². The third-order valence-electron chi connectivity index (χ3n) is 1.84. The second kappa shape index (κ2) is 22.8. The highest BCUT2D eigenvalue weighted by Gasteiger charge is 2.09. The van der Waals surface area contributed by atoms with Crippen LogP contribution in [0.4, 0.5) is 0 Å². The van der Waals surface area contributed by atoms with Crippen LogP contribution < -0.4 is 17.2 Å². The molecule has 0 radical (unpaired) electrons. The van der Waals surface area contributed by atoms with Crippen molar-refractivity contribution >= 4 is 23.9 Å². The maximum atomic E-state index is 10.2. The molecule has 17 N–H and O–H groups in total. The van der Waals surface area contributed by atoms with Crippen molar-refractivity contribution in [3.05, 3.63) is 0 Å². The standard InChI is InChI=1S/C6H14N4O2.C4H6O4.4H2O/c7-4(5(11)12)2-1-3-10-6(8)9;5-3(6)1-2-4(7)8;;;;/h4H,1-3,7H2,(H,11,12)(H4,8,9,10);1-2H2,(H,5,6)(H,7,8);4*1H2. The highest BCUT2D eigenvalue weighted by Crippen LogP contribution is 1.94. The SMILES string of the molecule is NC(N)=NCCCC(N)C(=O)O.O.O.O.O.O=C(O)CCC(=O)O. The fourth-order valence-electron chi connectivity index (χ4n) is 0.857. The minimum atomic E-state index is -1.08. The molecule has 0 saturated heterocycles. The summed E-state index contributed by atoms with van der Waals surface area (Å²) < 4.78 is 0. The molecule has 0 aromatic heterocycles. The highest BCUT2D eigenvalue weighted by atomic mass is 16.4. The quantitative estimate of drug-likeness (QED) is 0.136. The van der Waals surface area contributed by atoms with Gasteiger partial charge in [-0.15, -0.1) is 0 Å². The van der Waals surface area contributed by atoms with E-state index in [0.29, 0.717) is 19.4 Å². The molecule has 24 heavy (non-hydrogen) atoms. The molecule has 0 spiro atoms. The first kappa shape index (κ1) is 37.6. The van der Waals surface area contributed by atoms with Crippen molar-refractivity contribution in [2.24, 2.45) is 22.2 Å². The van der Waals surface area contributed by atoms with Gasteiger partial charge in [0.25, 0.3) is 0 Å². The van der Waals surface area contributed by atoms with Gasteiger partial charge in [-0.1, -0.05) is 0 Å². The maximum absolute atomic E-state index is 10.2. The molecule has 0 amide bonds. The number of rotatable bonds is 8. The van der Waals surface area contributed by atoms with Crippen molar-refractivity contribution in [3.8, 4) is 0 Å². The predicted octanol–water partition coefficient (Wildman–Crippen LogP) is -4.91. The lowest BCUT2D eigenvalue weighted by Crippen LogP contribution is -2.30. The molecule has 0 saturated carbocycles.